The van der Waals surface area contributed by atoms with Gasteiger partial charge in [0, 0.05) is 36.6 Å². The highest BCUT2D eigenvalue weighted by atomic mass is 35.5. The van der Waals surface area contributed by atoms with E-state index in [1.807, 2.05) is 35.8 Å². The van der Waals surface area contributed by atoms with Gasteiger partial charge in [0.25, 0.3) is 5.91 Å². The van der Waals surface area contributed by atoms with E-state index in [1.54, 1.807) is 30.7 Å². The number of carbonyl (C=O) groups excluding carboxylic acids is 2. The third-order valence-corrected chi connectivity index (χ3v) is 4.16. The van der Waals surface area contributed by atoms with Gasteiger partial charge < -0.3 is 15.2 Å². The van der Waals surface area contributed by atoms with Gasteiger partial charge >= 0.3 is 0 Å². The minimum atomic E-state index is -0.314. The molecule has 0 radical (unpaired) electrons. The molecule has 0 saturated carbocycles. The third kappa shape index (κ3) is 6.02. The Labute approximate surface area is 173 Å². The molecule has 2 aromatic heterocycles. The van der Waals surface area contributed by atoms with E-state index in [4.69, 9.17) is 11.6 Å². The Morgan fingerprint density at radius 1 is 1.21 bits per heavy atom. The lowest BCUT2D eigenvalue weighted by atomic mass is 10.2. The van der Waals surface area contributed by atoms with Crippen LogP contribution >= 0.6 is 11.6 Å². The van der Waals surface area contributed by atoms with E-state index in [2.05, 4.69) is 20.6 Å². The third-order valence-electron chi connectivity index (χ3n) is 3.92. The lowest BCUT2D eigenvalue weighted by molar-refractivity contribution is -0.111. The molecule has 0 aliphatic heterocycles. The summed E-state index contributed by atoms with van der Waals surface area (Å²) >= 11 is 5.99. The van der Waals surface area contributed by atoms with Gasteiger partial charge in [-0.3, -0.25) is 14.6 Å². The molecule has 0 fully saturated rings. The number of hydrogen-bond acceptors (Lipinski definition) is 4. The first-order chi connectivity index (χ1) is 14.0. The largest absolute Gasteiger partial charge is 0.351 e. The quantitative estimate of drug-likeness (QED) is 0.585. The van der Waals surface area contributed by atoms with Crippen LogP contribution in [0.2, 0.25) is 5.02 Å². The molecular weight excluding hydrogens is 390 g/mol. The van der Waals surface area contributed by atoms with Crippen LogP contribution in [0.5, 0.6) is 0 Å². The molecule has 0 aliphatic rings. The highest BCUT2D eigenvalue weighted by Gasteiger charge is 2.05. The Morgan fingerprint density at radius 3 is 2.79 bits per heavy atom. The molecule has 2 heterocycles. The van der Waals surface area contributed by atoms with Crippen LogP contribution in [0.1, 0.15) is 28.5 Å². The van der Waals surface area contributed by atoms with E-state index in [-0.39, 0.29) is 11.8 Å². The standard InChI is InChI=1S/C21H20ClN5O2/c1-2-23-21(29)18-8-6-15(11-24-18)7-9-20(28)26-19-13-27(14-25-19)12-16-4-3-5-17(22)10-16/h3-11,13-14H,2,12H2,1H3,(H,23,29)(H,26,28)/b9-7+. The highest BCUT2D eigenvalue weighted by molar-refractivity contribution is 6.30. The fraction of sp³-hybridized carbons (Fsp3) is 0.143. The SMILES string of the molecule is CCNC(=O)c1ccc(/C=C/C(=O)Nc2cn(Cc3cccc(Cl)c3)cn2)cn1. The Hall–Kier alpha value is -3.45. The molecule has 0 bridgehead atoms. The number of hydrogen-bond donors (Lipinski definition) is 2. The molecule has 3 aromatic rings. The zero-order valence-electron chi connectivity index (χ0n) is 15.8. The molecule has 2 amide bonds. The summed E-state index contributed by atoms with van der Waals surface area (Å²) in [5.74, 6) is -0.0914. The lowest BCUT2D eigenvalue weighted by Crippen LogP contribution is -2.23. The molecule has 2 N–H and O–H groups in total. The molecule has 29 heavy (non-hydrogen) atoms. The molecule has 148 valence electrons. The van der Waals surface area contributed by atoms with Gasteiger partial charge in [0.15, 0.2) is 5.82 Å². The number of imidazole rings is 1. The van der Waals surface area contributed by atoms with Crippen molar-refractivity contribution < 1.29 is 9.59 Å². The van der Waals surface area contributed by atoms with E-state index in [1.165, 1.54) is 12.3 Å². The summed E-state index contributed by atoms with van der Waals surface area (Å²) in [6.45, 7) is 2.98. The second kappa shape index (κ2) is 9.66. The summed E-state index contributed by atoms with van der Waals surface area (Å²) in [6.07, 6.45) is 7.93. The number of halogens is 1. The maximum atomic E-state index is 12.1. The van der Waals surface area contributed by atoms with Crippen LogP contribution in [0.4, 0.5) is 5.82 Å². The van der Waals surface area contributed by atoms with Gasteiger partial charge in [-0.05, 0) is 42.3 Å². The summed E-state index contributed by atoms with van der Waals surface area (Å²) in [5, 5.41) is 6.06. The second-order valence-electron chi connectivity index (χ2n) is 6.22. The smallest absolute Gasteiger partial charge is 0.269 e. The minimum Gasteiger partial charge on any atom is -0.351 e. The van der Waals surface area contributed by atoms with E-state index < -0.39 is 0 Å². The minimum absolute atomic E-state index is 0.228. The van der Waals surface area contributed by atoms with Crippen LogP contribution in [0.25, 0.3) is 6.08 Å². The summed E-state index contributed by atoms with van der Waals surface area (Å²) in [7, 11) is 0. The van der Waals surface area contributed by atoms with Crippen LogP contribution < -0.4 is 10.6 Å². The van der Waals surface area contributed by atoms with Crippen molar-refractivity contribution in [1.82, 2.24) is 19.9 Å². The number of benzene rings is 1. The fourth-order valence-electron chi connectivity index (χ4n) is 2.59. The molecule has 7 nitrogen and oxygen atoms in total. The average molecular weight is 410 g/mol. The summed E-state index contributed by atoms with van der Waals surface area (Å²) in [4.78, 5) is 32.1. The van der Waals surface area contributed by atoms with Gasteiger partial charge in [-0.2, -0.15) is 0 Å². The zero-order chi connectivity index (χ0) is 20.6. The first-order valence-corrected chi connectivity index (χ1v) is 9.41. The molecular formula is C21H20ClN5O2. The number of amides is 2. The van der Waals surface area contributed by atoms with Gasteiger partial charge in [-0.25, -0.2) is 4.98 Å². The van der Waals surface area contributed by atoms with Crippen molar-refractivity contribution in [2.45, 2.75) is 13.5 Å². The monoisotopic (exact) mass is 409 g/mol. The molecule has 0 spiro atoms. The number of pyridine rings is 1. The van der Waals surface area contributed by atoms with Crippen molar-refractivity contribution in [3.8, 4) is 0 Å². The maximum Gasteiger partial charge on any atom is 0.269 e. The summed E-state index contributed by atoms with van der Waals surface area (Å²) < 4.78 is 1.86. The summed E-state index contributed by atoms with van der Waals surface area (Å²) in [6, 6.07) is 10.9. The van der Waals surface area contributed by atoms with Crippen molar-refractivity contribution in [2.75, 3.05) is 11.9 Å². The fourth-order valence-corrected chi connectivity index (χ4v) is 2.80. The van der Waals surface area contributed by atoms with Crippen LogP contribution in [-0.4, -0.2) is 32.9 Å². The average Bonchev–Trinajstić information content (AvgIpc) is 3.13. The number of nitrogens with one attached hydrogen (secondary N) is 2. The van der Waals surface area contributed by atoms with Crippen molar-refractivity contribution in [3.05, 3.63) is 83.0 Å². The molecule has 3 rings (SSSR count). The van der Waals surface area contributed by atoms with Crippen LogP contribution in [-0.2, 0) is 11.3 Å². The van der Waals surface area contributed by atoms with Crippen molar-refractivity contribution in [2.24, 2.45) is 0 Å². The summed E-state index contributed by atoms with van der Waals surface area (Å²) in [5.41, 5.74) is 2.08. The van der Waals surface area contributed by atoms with Gasteiger partial charge in [-0.15, -0.1) is 0 Å². The molecule has 0 aliphatic carbocycles. The van der Waals surface area contributed by atoms with Crippen LogP contribution in [0, 0.1) is 0 Å². The lowest BCUT2D eigenvalue weighted by Gasteiger charge is -2.02. The topological polar surface area (TPSA) is 88.9 Å². The Bertz CT molecular complexity index is 1030. The van der Waals surface area contributed by atoms with E-state index in [9.17, 15) is 9.59 Å². The number of nitrogens with zero attached hydrogens (tertiary/aromatic N) is 3. The Balaban J connectivity index is 1.55. The molecule has 8 heteroatoms. The van der Waals surface area contributed by atoms with Crippen LogP contribution in [0.15, 0.2) is 61.2 Å². The predicted octanol–water partition coefficient (Wildman–Crippen LogP) is 3.38. The van der Waals surface area contributed by atoms with Gasteiger partial charge in [0.1, 0.15) is 5.69 Å². The number of rotatable bonds is 7. The van der Waals surface area contributed by atoms with Crippen LogP contribution in [0.3, 0.4) is 0 Å². The van der Waals surface area contributed by atoms with E-state index in [0.717, 1.165) is 5.56 Å². The molecule has 0 unspecified atom stereocenters. The highest BCUT2D eigenvalue weighted by Crippen LogP contribution is 2.13. The van der Waals surface area contributed by atoms with Crippen molar-refractivity contribution >= 4 is 35.3 Å². The molecule has 1 aromatic carbocycles. The first-order valence-electron chi connectivity index (χ1n) is 9.03. The molecule has 0 atom stereocenters. The Morgan fingerprint density at radius 2 is 2.07 bits per heavy atom. The number of anilines is 1. The maximum absolute atomic E-state index is 12.1. The van der Waals surface area contributed by atoms with E-state index >= 15 is 0 Å². The van der Waals surface area contributed by atoms with Gasteiger partial charge in [0.05, 0.1) is 6.33 Å². The first kappa shape index (κ1) is 20.3. The Kier molecular flexibility index (Phi) is 6.76. The van der Waals surface area contributed by atoms with Gasteiger partial charge in [0.2, 0.25) is 5.91 Å². The number of carbonyl (C=O) groups is 2. The van der Waals surface area contributed by atoms with Crippen molar-refractivity contribution in [1.29, 1.82) is 0 Å². The molecule has 0 saturated heterocycles. The number of aromatic nitrogens is 3. The predicted molar refractivity (Wildman–Crippen MR) is 113 cm³/mol. The van der Waals surface area contributed by atoms with Crippen molar-refractivity contribution in [3.63, 3.8) is 0 Å². The zero-order valence-corrected chi connectivity index (χ0v) is 16.6. The normalized spacial score (nSPS) is 10.8. The van der Waals surface area contributed by atoms with E-state index in [0.29, 0.717) is 35.2 Å². The van der Waals surface area contributed by atoms with Gasteiger partial charge in [-0.1, -0.05) is 29.8 Å². The second-order valence-corrected chi connectivity index (χ2v) is 6.66.